The molecule has 7 heteroatoms. The molecule has 32 heavy (non-hydrogen) atoms. The molecule has 0 aromatic heterocycles. The summed E-state index contributed by atoms with van der Waals surface area (Å²) in [5.74, 6) is 1.40. The first kappa shape index (κ1) is 21.2. The van der Waals surface area contributed by atoms with Crippen molar-refractivity contribution in [3.63, 3.8) is 0 Å². The molecule has 1 fully saturated rings. The predicted octanol–water partition coefficient (Wildman–Crippen LogP) is 4.15. The van der Waals surface area contributed by atoms with E-state index in [0.717, 1.165) is 23.3 Å². The summed E-state index contributed by atoms with van der Waals surface area (Å²) in [5.41, 5.74) is 3.15. The van der Waals surface area contributed by atoms with Crippen LogP contribution in [0.2, 0.25) is 0 Å². The summed E-state index contributed by atoms with van der Waals surface area (Å²) in [6.45, 7) is 1.03. The van der Waals surface area contributed by atoms with Gasteiger partial charge >= 0.3 is 0 Å². The van der Waals surface area contributed by atoms with Gasteiger partial charge in [0, 0.05) is 20.1 Å². The number of ether oxygens (including phenoxy) is 1. The zero-order valence-electron chi connectivity index (χ0n) is 17.9. The average molecular weight is 451 g/mol. The highest BCUT2D eigenvalue weighted by atomic mass is 32.2. The summed E-state index contributed by atoms with van der Waals surface area (Å²) in [5, 5.41) is 0.964. The normalized spacial score (nSPS) is 21.9. The van der Waals surface area contributed by atoms with E-state index in [2.05, 4.69) is 6.07 Å². The smallest absolute Gasteiger partial charge is 0.221 e. The Morgan fingerprint density at radius 1 is 0.906 bits per heavy atom. The van der Waals surface area contributed by atoms with Crippen LogP contribution in [0, 0.1) is 0 Å². The number of para-hydroxylation sites is 1. The van der Waals surface area contributed by atoms with Crippen molar-refractivity contribution in [2.24, 2.45) is 0 Å². The molecule has 0 bridgehead atoms. The molecular weight excluding hydrogens is 424 g/mol. The van der Waals surface area contributed by atoms with Crippen molar-refractivity contribution in [1.82, 2.24) is 9.37 Å². The van der Waals surface area contributed by atoms with Gasteiger partial charge in [-0.15, -0.1) is 0 Å². The fourth-order valence-electron chi connectivity index (χ4n) is 4.54. The Balaban J connectivity index is 1.41. The van der Waals surface area contributed by atoms with Gasteiger partial charge in [-0.1, -0.05) is 54.6 Å². The Labute approximate surface area is 189 Å². The Morgan fingerprint density at radius 3 is 2.44 bits per heavy atom. The van der Waals surface area contributed by atoms with Gasteiger partial charge < -0.3 is 4.74 Å². The average Bonchev–Trinajstić information content (AvgIpc) is 3.22. The second-order valence-corrected chi connectivity index (χ2v) is 10.4. The second-order valence-electron chi connectivity index (χ2n) is 8.21. The van der Waals surface area contributed by atoms with Crippen molar-refractivity contribution in [3.05, 3.63) is 95.6 Å². The zero-order valence-corrected chi connectivity index (χ0v) is 18.7. The first-order chi connectivity index (χ1) is 15.5. The largest absolute Gasteiger partial charge is 0.457 e. The highest BCUT2D eigenvalue weighted by Gasteiger charge is 2.46. The van der Waals surface area contributed by atoms with Crippen molar-refractivity contribution >= 4 is 10.0 Å². The number of fused-ring (bicyclic) bond motifs is 1. The van der Waals surface area contributed by atoms with Crippen molar-refractivity contribution in [2.45, 2.75) is 24.3 Å². The molecule has 166 valence electrons. The van der Waals surface area contributed by atoms with Gasteiger partial charge in [-0.2, -0.15) is 9.37 Å². The third-order valence-corrected chi connectivity index (χ3v) is 8.39. The van der Waals surface area contributed by atoms with Gasteiger partial charge in [0.1, 0.15) is 16.7 Å². The number of hydroxylamine groups is 2. The molecule has 0 amide bonds. The highest BCUT2D eigenvalue weighted by Crippen LogP contribution is 2.37. The van der Waals surface area contributed by atoms with Gasteiger partial charge in [0.05, 0.1) is 12.6 Å². The van der Waals surface area contributed by atoms with Crippen molar-refractivity contribution in [2.75, 3.05) is 20.2 Å². The molecule has 3 aromatic carbocycles. The van der Waals surface area contributed by atoms with E-state index >= 15 is 0 Å². The lowest BCUT2D eigenvalue weighted by Gasteiger charge is -2.32. The van der Waals surface area contributed by atoms with Gasteiger partial charge in [0.2, 0.25) is 10.0 Å². The van der Waals surface area contributed by atoms with E-state index in [-0.39, 0.29) is 6.61 Å². The third-order valence-electron chi connectivity index (χ3n) is 6.20. The lowest BCUT2D eigenvalue weighted by atomic mass is 10.0. The summed E-state index contributed by atoms with van der Waals surface area (Å²) in [6, 6.07) is 24.8. The molecule has 0 saturated carbocycles. The minimum Gasteiger partial charge on any atom is -0.457 e. The predicted molar refractivity (Wildman–Crippen MR) is 123 cm³/mol. The molecule has 1 saturated heterocycles. The van der Waals surface area contributed by atoms with E-state index in [1.165, 1.54) is 5.56 Å². The minimum atomic E-state index is -3.58. The molecule has 3 aromatic rings. The maximum absolute atomic E-state index is 13.7. The quantitative estimate of drug-likeness (QED) is 0.584. The molecule has 0 aliphatic carbocycles. The Kier molecular flexibility index (Phi) is 5.73. The van der Waals surface area contributed by atoms with Gasteiger partial charge in [-0.25, -0.2) is 8.42 Å². The Hall–Kier alpha value is -2.71. The lowest BCUT2D eigenvalue weighted by Crippen LogP contribution is -2.44. The summed E-state index contributed by atoms with van der Waals surface area (Å²) in [6.07, 6.45) is 0.726. The maximum atomic E-state index is 13.7. The molecule has 2 aliphatic rings. The summed E-state index contributed by atoms with van der Waals surface area (Å²) < 4.78 is 35.0. The maximum Gasteiger partial charge on any atom is 0.221 e. The van der Waals surface area contributed by atoms with Crippen LogP contribution in [0.3, 0.4) is 0 Å². The van der Waals surface area contributed by atoms with Crippen LogP contribution in [0.4, 0.5) is 0 Å². The van der Waals surface area contributed by atoms with Crippen molar-refractivity contribution in [3.8, 4) is 11.5 Å². The summed E-state index contributed by atoms with van der Waals surface area (Å²) in [4.78, 5) is 5.72. The molecule has 6 nitrogen and oxygen atoms in total. The van der Waals surface area contributed by atoms with Gasteiger partial charge in [-0.3, -0.25) is 4.84 Å². The molecule has 2 aliphatic heterocycles. The first-order valence-corrected chi connectivity index (χ1v) is 12.3. The van der Waals surface area contributed by atoms with Crippen molar-refractivity contribution in [1.29, 1.82) is 0 Å². The number of rotatable bonds is 5. The first-order valence-electron chi connectivity index (χ1n) is 10.8. The molecule has 2 heterocycles. The molecular formula is C25H26N2O4S. The molecule has 0 N–H and O–H groups in total. The number of nitrogens with zero attached hydrogens (tertiary/aromatic N) is 2. The Bertz CT molecular complexity index is 1200. The molecule has 0 radical (unpaired) electrons. The van der Waals surface area contributed by atoms with Crippen LogP contribution in [0.1, 0.15) is 22.7 Å². The third kappa shape index (κ3) is 4.04. The molecule has 5 rings (SSSR count). The van der Waals surface area contributed by atoms with Crippen LogP contribution in [0.25, 0.3) is 0 Å². The van der Waals surface area contributed by atoms with E-state index in [4.69, 9.17) is 9.57 Å². The van der Waals surface area contributed by atoms with Crippen LogP contribution in [-0.2, 0) is 27.8 Å². The number of sulfonamides is 1. The summed E-state index contributed by atoms with van der Waals surface area (Å²) >= 11 is 0. The number of hydrogen-bond donors (Lipinski definition) is 0. The standard InChI is InChI=1S/C25H26N2O4S/c1-26-25(20-10-7-13-23(16-20)31-22-11-3-2-4-12-22)24(18-30-26)32(28,29)27-15-14-19-8-5-6-9-21(19)17-27/h2-13,16,24-25H,14-15,17-18H2,1H3/t24-,25-/m1/s1. The van der Waals surface area contributed by atoms with Crippen LogP contribution in [0.5, 0.6) is 11.5 Å². The van der Waals surface area contributed by atoms with Crippen molar-refractivity contribution < 1.29 is 18.0 Å². The molecule has 0 spiro atoms. The number of benzene rings is 3. The van der Waals surface area contributed by atoms with Gasteiger partial charge in [-0.05, 0) is 47.4 Å². The summed E-state index contributed by atoms with van der Waals surface area (Å²) in [7, 11) is -1.79. The van der Waals surface area contributed by atoms with Crippen LogP contribution >= 0.6 is 0 Å². The van der Waals surface area contributed by atoms with E-state index < -0.39 is 21.3 Å². The van der Waals surface area contributed by atoms with E-state index in [9.17, 15) is 8.42 Å². The van der Waals surface area contributed by atoms with Gasteiger partial charge in [0.25, 0.3) is 0 Å². The monoisotopic (exact) mass is 450 g/mol. The van der Waals surface area contributed by atoms with E-state index in [0.29, 0.717) is 18.8 Å². The molecule has 0 unspecified atom stereocenters. The highest BCUT2D eigenvalue weighted by molar-refractivity contribution is 7.89. The topological polar surface area (TPSA) is 59.1 Å². The second kappa shape index (κ2) is 8.67. The zero-order chi connectivity index (χ0) is 22.1. The number of hydrogen-bond acceptors (Lipinski definition) is 5. The fraction of sp³-hybridized carbons (Fsp3) is 0.280. The van der Waals surface area contributed by atoms with Gasteiger partial charge in [0.15, 0.2) is 0 Å². The van der Waals surface area contributed by atoms with E-state index in [1.54, 1.807) is 16.4 Å². The molecule has 2 atom stereocenters. The van der Waals surface area contributed by atoms with Crippen LogP contribution in [-0.4, -0.2) is 43.2 Å². The van der Waals surface area contributed by atoms with Crippen LogP contribution in [0.15, 0.2) is 78.9 Å². The van der Waals surface area contributed by atoms with E-state index in [1.807, 2.05) is 72.8 Å². The van der Waals surface area contributed by atoms with Crippen LogP contribution < -0.4 is 4.74 Å². The lowest BCUT2D eigenvalue weighted by molar-refractivity contribution is -0.110. The fourth-order valence-corrected chi connectivity index (χ4v) is 6.47. The Morgan fingerprint density at radius 2 is 1.62 bits per heavy atom. The minimum absolute atomic E-state index is 0.130. The SMILES string of the molecule is CN1OC[C@@H](S(=O)(=O)N2CCc3ccccc3C2)[C@H]1c1cccc(Oc2ccccc2)c1.